The second-order valence-electron chi connectivity index (χ2n) is 5.18. The summed E-state index contributed by atoms with van der Waals surface area (Å²) in [6.07, 6.45) is 2.78. The van der Waals surface area contributed by atoms with E-state index in [1.807, 2.05) is 31.2 Å². The van der Waals surface area contributed by atoms with Crippen molar-refractivity contribution in [3.05, 3.63) is 34.9 Å². The Balaban J connectivity index is 2.08. The molecule has 1 aromatic rings. The summed E-state index contributed by atoms with van der Waals surface area (Å²) in [4.78, 5) is 12.5. The zero-order valence-corrected chi connectivity index (χ0v) is 12.3. The van der Waals surface area contributed by atoms with Gasteiger partial charge in [0.1, 0.15) is 0 Å². The van der Waals surface area contributed by atoms with Crippen LogP contribution in [-0.2, 0) is 4.79 Å². The molecule has 2 atom stereocenters. The van der Waals surface area contributed by atoms with Crippen molar-refractivity contribution in [2.24, 2.45) is 0 Å². The van der Waals surface area contributed by atoms with Gasteiger partial charge in [0, 0.05) is 5.02 Å². The van der Waals surface area contributed by atoms with Crippen molar-refractivity contribution in [3.8, 4) is 0 Å². The van der Waals surface area contributed by atoms with Crippen LogP contribution in [0.1, 0.15) is 44.7 Å². The summed E-state index contributed by atoms with van der Waals surface area (Å²) in [6.45, 7) is 4.94. The highest BCUT2D eigenvalue weighted by Crippen LogP contribution is 2.26. The largest absolute Gasteiger partial charge is 0.348 e. The zero-order valence-electron chi connectivity index (χ0n) is 11.5. The Kier molecular flexibility index (Phi) is 4.48. The highest BCUT2D eigenvalue weighted by Gasteiger charge is 2.39. The molecule has 1 amide bonds. The van der Waals surface area contributed by atoms with Crippen LogP contribution >= 0.6 is 11.6 Å². The molecule has 1 aliphatic rings. The zero-order chi connectivity index (χ0) is 13.9. The van der Waals surface area contributed by atoms with Crippen LogP contribution in [0.25, 0.3) is 0 Å². The Bertz CT molecular complexity index is 455. The van der Waals surface area contributed by atoms with Gasteiger partial charge in [-0.15, -0.1) is 0 Å². The number of nitrogens with one attached hydrogen (secondary N) is 2. The first-order valence-corrected chi connectivity index (χ1v) is 7.27. The number of carbonyl (C=O) groups is 1. The van der Waals surface area contributed by atoms with Crippen molar-refractivity contribution < 1.29 is 4.79 Å². The van der Waals surface area contributed by atoms with Crippen LogP contribution in [0.4, 0.5) is 0 Å². The van der Waals surface area contributed by atoms with E-state index in [2.05, 4.69) is 17.6 Å². The molecule has 0 radical (unpaired) electrons. The maximum absolute atomic E-state index is 12.5. The van der Waals surface area contributed by atoms with Gasteiger partial charge in [-0.05, 0) is 44.4 Å². The first-order valence-electron chi connectivity index (χ1n) is 6.89. The summed E-state index contributed by atoms with van der Waals surface area (Å²) in [7, 11) is 0. The molecule has 1 saturated heterocycles. The standard InChI is InChI=1S/C15H21ClN2O/c1-3-15(9-6-10-17-15)14(19)18-11(2)12-7-4-5-8-13(12)16/h4-5,7-8,11,17H,3,6,9-10H2,1-2H3,(H,18,19)/t11-,15?/m0/s1. The predicted molar refractivity (Wildman–Crippen MR) is 78.3 cm³/mol. The van der Waals surface area contributed by atoms with Gasteiger partial charge in [-0.1, -0.05) is 36.7 Å². The van der Waals surface area contributed by atoms with Crippen LogP contribution in [-0.4, -0.2) is 18.0 Å². The molecule has 4 heteroatoms. The fourth-order valence-corrected chi connectivity index (χ4v) is 3.00. The van der Waals surface area contributed by atoms with E-state index in [4.69, 9.17) is 11.6 Å². The minimum absolute atomic E-state index is 0.0768. The molecule has 2 N–H and O–H groups in total. The monoisotopic (exact) mass is 280 g/mol. The molecule has 1 fully saturated rings. The van der Waals surface area contributed by atoms with Crippen LogP contribution in [0, 0.1) is 0 Å². The molecule has 0 aromatic heterocycles. The van der Waals surface area contributed by atoms with Gasteiger partial charge in [-0.25, -0.2) is 0 Å². The highest BCUT2D eigenvalue weighted by molar-refractivity contribution is 6.31. The maximum Gasteiger partial charge on any atom is 0.240 e. The van der Waals surface area contributed by atoms with Crippen LogP contribution in [0.15, 0.2) is 24.3 Å². The quantitative estimate of drug-likeness (QED) is 0.890. The molecule has 3 nitrogen and oxygen atoms in total. The molecular formula is C15H21ClN2O. The maximum atomic E-state index is 12.5. The first kappa shape index (κ1) is 14.4. The fraction of sp³-hybridized carbons (Fsp3) is 0.533. The van der Waals surface area contributed by atoms with Crippen LogP contribution in [0.3, 0.4) is 0 Å². The lowest BCUT2D eigenvalue weighted by molar-refractivity contribution is -0.128. The third kappa shape index (κ3) is 2.93. The average Bonchev–Trinajstić information content (AvgIpc) is 2.89. The van der Waals surface area contributed by atoms with E-state index in [0.29, 0.717) is 5.02 Å². The van der Waals surface area contributed by atoms with Crippen molar-refractivity contribution in [2.75, 3.05) is 6.54 Å². The van der Waals surface area contributed by atoms with Gasteiger partial charge in [0.15, 0.2) is 0 Å². The summed E-state index contributed by atoms with van der Waals surface area (Å²) in [5.41, 5.74) is 0.567. The minimum Gasteiger partial charge on any atom is -0.348 e. The van der Waals surface area contributed by atoms with Crippen LogP contribution in [0.2, 0.25) is 5.02 Å². The van der Waals surface area contributed by atoms with E-state index < -0.39 is 5.54 Å². The van der Waals surface area contributed by atoms with Crippen LogP contribution in [0.5, 0.6) is 0 Å². The Hall–Kier alpha value is -1.06. The van der Waals surface area contributed by atoms with Gasteiger partial charge in [-0.3, -0.25) is 4.79 Å². The van der Waals surface area contributed by atoms with E-state index in [0.717, 1.165) is 31.4 Å². The van der Waals surface area contributed by atoms with Crippen LogP contribution < -0.4 is 10.6 Å². The molecule has 2 rings (SSSR count). The minimum atomic E-state index is -0.393. The summed E-state index contributed by atoms with van der Waals surface area (Å²) < 4.78 is 0. The molecule has 1 heterocycles. The topological polar surface area (TPSA) is 41.1 Å². The number of hydrogen-bond donors (Lipinski definition) is 2. The third-order valence-electron chi connectivity index (χ3n) is 4.00. The third-order valence-corrected chi connectivity index (χ3v) is 4.35. The first-order chi connectivity index (χ1) is 9.09. The number of benzene rings is 1. The fourth-order valence-electron chi connectivity index (χ4n) is 2.70. The van der Waals surface area contributed by atoms with Crippen molar-refractivity contribution in [1.29, 1.82) is 0 Å². The van der Waals surface area contributed by atoms with E-state index in [-0.39, 0.29) is 11.9 Å². The Morgan fingerprint density at radius 3 is 2.84 bits per heavy atom. The number of halogens is 1. The van der Waals surface area contributed by atoms with Gasteiger partial charge >= 0.3 is 0 Å². The highest BCUT2D eigenvalue weighted by atomic mass is 35.5. The molecule has 1 aromatic carbocycles. The second-order valence-corrected chi connectivity index (χ2v) is 5.59. The number of amides is 1. The summed E-state index contributed by atoms with van der Waals surface area (Å²) in [5, 5.41) is 7.13. The van der Waals surface area contributed by atoms with Gasteiger partial charge in [0.2, 0.25) is 5.91 Å². The molecule has 19 heavy (non-hydrogen) atoms. The Morgan fingerprint density at radius 2 is 2.26 bits per heavy atom. The van der Waals surface area contributed by atoms with Gasteiger partial charge in [0.05, 0.1) is 11.6 Å². The predicted octanol–water partition coefficient (Wildman–Crippen LogP) is 3.05. The molecule has 0 bridgehead atoms. The molecular weight excluding hydrogens is 260 g/mol. The van der Waals surface area contributed by atoms with E-state index in [1.54, 1.807) is 0 Å². The SMILES string of the molecule is CCC1(C(=O)N[C@@H](C)c2ccccc2Cl)CCCN1. The lowest BCUT2D eigenvalue weighted by Crippen LogP contribution is -2.53. The van der Waals surface area contributed by atoms with Gasteiger partial charge in [0.25, 0.3) is 0 Å². The smallest absolute Gasteiger partial charge is 0.240 e. The van der Waals surface area contributed by atoms with Gasteiger partial charge < -0.3 is 10.6 Å². The molecule has 1 aliphatic heterocycles. The van der Waals surface area contributed by atoms with Crippen molar-refractivity contribution in [3.63, 3.8) is 0 Å². The number of hydrogen-bond acceptors (Lipinski definition) is 2. The van der Waals surface area contributed by atoms with E-state index in [1.165, 1.54) is 0 Å². The lowest BCUT2D eigenvalue weighted by Gasteiger charge is -2.29. The van der Waals surface area contributed by atoms with E-state index in [9.17, 15) is 4.79 Å². The Labute approximate surface area is 119 Å². The summed E-state index contributed by atoms with van der Waals surface area (Å²) in [6, 6.07) is 7.56. The molecule has 0 aliphatic carbocycles. The average molecular weight is 281 g/mol. The van der Waals surface area contributed by atoms with Crippen molar-refractivity contribution >= 4 is 17.5 Å². The Morgan fingerprint density at radius 1 is 1.53 bits per heavy atom. The van der Waals surface area contributed by atoms with E-state index >= 15 is 0 Å². The lowest BCUT2D eigenvalue weighted by atomic mass is 9.92. The molecule has 0 spiro atoms. The summed E-state index contributed by atoms with van der Waals surface area (Å²) in [5.74, 6) is 0.0833. The number of rotatable bonds is 4. The second kappa shape index (κ2) is 5.93. The molecule has 0 saturated carbocycles. The molecule has 1 unspecified atom stereocenters. The normalized spacial score (nSPS) is 24.2. The van der Waals surface area contributed by atoms with Crippen molar-refractivity contribution in [1.82, 2.24) is 10.6 Å². The molecule has 104 valence electrons. The summed E-state index contributed by atoms with van der Waals surface area (Å²) >= 11 is 6.16. The van der Waals surface area contributed by atoms with Gasteiger partial charge in [-0.2, -0.15) is 0 Å². The number of carbonyl (C=O) groups excluding carboxylic acids is 1. The van der Waals surface area contributed by atoms with Crippen molar-refractivity contribution in [2.45, 2.75) is 44.7 Å².